The number of benzene rings is 11. The summed E-state index contributed by atoms with van der Waals surface area (Å²) in [6.07, 6.45) is 0. The third kappa shape index (κ3) is 6.12. The lowest BCUT2D eigenvalue weighted by molar-refractivity contribution is 0.674. The molecule has 0 aliphatic carbocycles. The van der Waals surface area contributed by atoms with Gasteiger partial charge in [-0.3, -0.25) is 0 Å². The molecule has 65 heavy (non-hydrogen) atoms. The Kier molecular flexibility index (Phi) is 8.53. The van der Waals surface area contributed by atoms with E-state index in [1.165, 1.54) is 43.5 Å². The number of hydrogen-bond acceptors (Lipinski definition) is 2. The van der Waals surface area contributed by atoms with Crippen molar-refractivity contribution in [3.05, 3.63) is 243 Å². The minimum Gasteiger partial charge on any atom is -0.455 e. The fraction of sp³-hybridized carbons (Fsp3) is 0. The van der Waals surface area contributed by atoms with Gasteiger partial charge in [0.2, 0.25) is 0 Å². The highest BCUT2D eigenvalue weighted by Crippen LogP contribution is 2.44. The van der Waals surface area contributed by atoms with Gasteiger partial charge in [0.15, 0.2) is 0 Å². The monoisotopic (exact) mass is 828 g/mol. The molecular weight excluding hydrogens is 789 g/mol. The van der Waals surface area contributed by atoms with Gasteiger partial charge in [0, 0.05) is 55.1 Å². The summed E-state index contributed by atoms with van der Waals surface area (Å²) in [6.45, 7) is 0. The Labute approximate surface area is 376 Å². The number of para-hydroxylation sites is 4. The number of nitrogens with zero attached hydrogens (tertiary/aromatic N) is 2. The molecule has 0 atom stereocenters. The summed E-state index contributed by atoms with van der Waals surface area (Å²) in [5.74, 6) is 0. The van der Waals surface area contributed by atoms with Crippen molar-refractivity contribution < 1.29 is 4.42 Å². The number of fused-ring (bicyclic) bond motifs is 9. The highest BCUT2D eigenvalue weighted by molar-refractivity contribution is 6.17. The molecule has 0 radical (unpaired) electrons. The minimum atomic E-state index is 0.905. The molecule has 0 unspecified atom stereocenters. The average molecular weight is 829 g/mol. The first kappa shape index (κ1) is 36.9. The summed E-state index contributed by atoms with van der Waals surface area (Å²) in [5, 5.41) is 9.53. The molecule has 0 spiro atoms. The van der Waals surface area contributed by atoms with E-state index in [2.05, 4.69) is 252 Å². The van der Waals surface area contributed by atoms with Gasteiger partial charge in [0.25, 0.3) is 0 Å². The summed E-state index contributed by atoms with van der Waals surface area (Å²) in [7, 11) is 0. The van der Waals surface area contributed by atoms with Crippen LogP contribution in [0.15, 0.2) is 247 Å². The summed E-state index contributed by atoms with van der Waals surface area (Å²) in [5.41, 5.74) is 15.4. The van der Waals surface area contributed by atoms with Gasteiger partial charge >= 0.3 is 0 Å². The molecule has 0 bridgehead atoms. The third-order valence-electron chi connectivity index (χ3n) is 13.2. The lowest BCUT2D eigenvalue weighted by Crippen LogP contribution is -2.11. The molecule has 13 rings (SSSR count). The van der Waals surface area contributed by atoms with E-state index in [1.807, 2.05) is 0 Å². The maximum absolute atomic E-state index is 6.76. The van der Waals surface area contributed by atoms with Gasteiger partial charge in [-0.2, -0.15) is 0 Å². The predicted molar refractivity (Wildman–Crippen MR) is 274 cm³/mol. The molecule has 2 heterocycles. The molecule has 0 aliphatic rings. The molecule has 3 heteroatoms. The van der Waals surface area contributed by atoms with Crippen molar-refractivity contribution in [2.24, 2.45) is 0 Å². The summed E-state index contributed by atoms with van der Waals surface area (Å²) >= 11 is 0. The standard InChI is InChI=1S/C62H40N2O/c1-2-15-45-39-47(28-27-41(45)13-1)51-18-5-8-24-58(51)63(49-36-31-44(32-37-49)53-22-12-23-56-57-38-33-43-14-3-4-19-52(43)62(57)65-61(53)56)48-34-29-42(30-35-48)46-16-11-17-50(40-46)64-59-25-9-6-20-54(59)55-21-7-10-26-60(55)64/h1-40H. The molecule has 0 aliphatic heterocycles. The van der Waals surface area contributed by atoms with E-state index in [1.54, 1.807) is 0 Å². The zero-order valence-corrected chi connectivity index (χ0v) is 35.4. The number of anilines is 3. The van der Waals surface area contributed by atoms with Gasteiger partial charge in [-0.15, -0.1) is 0 Å². The summed E-state index contributed by atoms with van der Waals surface area (Å²) < 4.78 is 9.15. The van der Waals surface area contributed by atoms with Crippen LogP contribution in [0.3, 0.4) is 0 Å². The van der Waals surface area contributed by atoms with E-state index in [-0.39, 0.29) is 0 Å². The Morgan fingerprint density at radius 2 is 0.862 bits per heavy atom. The van der Waals surface area contributed by atoms with Crippen molar-refractivity contribution in [1.82, 2.24) is 4.57 Å². The number of aromatic nitrogens is 1. The Bertz CT molecular complexity index is 3900. The Morgan fingerprint density at radius 1 is 0.308 bits per heavy atom. The van der Waals surface area contributed by atoms with E-state index in [0.29, 0.717) is 0 Å². The van der Waals surface area contributed by atoms with Crippen LogP contribution in [0.1, 0.15) is 0 Å². The second-order valence-electron chi connectivity index (χ2n) is 16.9. The predicted octanol–water partition coefficient (Wildman–Crippen LogP) is 17.5. The lowest BCUT2D eigenvalue weighted by Gasteiger charge is -2.28. The summed E-state index contributed by atoms with van der Waals surface area (Å²) in [6, 6.07) is 87.7. The number of hydrogen-bond donors (Lipinski definition) is 0. The van der Waals surface area contributed by atoms with Crippen LogP contribution < -0.4 is 4.90 Å². The van der Waals surface area contributed by atoms with Crippen molar-refractivity contribution >= 4 is 82.4 Å². The Morgan fingerprint density at radius 3 is 1.63 bits per heavy atom. The molecule has 13 aromatic rings. The molecule has 0 fully saturated rings. The zero-order valence-electron chi connectivity index (χ0n) is 35.4. The van der Waals surface area contributed by atoms with E-state index in [4.69, 9.17) is 4.42 Å². The second kappa shape index (κ2) is 15.0. The molecular formula is C62H40N2O. The Hall–Kier alpha value is -8.66. The lowest BCUT2D eigenvalue weighted by atomic mass is 9.98. The summed E-state index contributed by atoms with van der Waals surface area (Å²) in [4.78, 5) is 2.39. The highest BCUT2D eigenvalue weighted by Gasteiger charge is 2.20. The van der Waals surface area contributed by atoms with Crippen molar-refractivity contribution in [3.8, 4) is 39.1 Å². The molecule has 304 valence electrons. The molecule has 0 amide bonds. The first-order valence-corrected chi connectivity index (χ1v) is 22.2. The molecule has 0 saturated heterocycles. The number of rotatable bonds is 7. The Balaban J connectivity index is 0.923. The fourth-order valence-corrected chi connectivity index (χ4v) is 10.1. The number of furan rings is 1. The highest BCUT2D eigenvalue weighted by atomic mass is 16.3. The maximum Gasteiger partial charge on any atom is 0.143 e. The van der Waals surface area contributed by atoms with E-state index >= 15 is 0 Å². The van der Waals surface area contributed by atoms with Gasteiger partial charge in [0.1, 0.15) is 11.2 Å². The van der Waals surface area contributed by atoms with Crippen molar-refractivity contribution in [2.45, 2.75) is 0 Å². The maximum atomic E-state index is 6.76. The molecule has 11 aromatic carbocycles. The molecule has 0 saturated carbocycles. The zero-order chi connectivity index (χ0) is 42.8. The van der Waals surface area contributed by atoms with Crippen LogP contribution in [-0.4, -0.2) is 4.57 Å². The first-order chi connectivity index (χ1) is 32.2. The second-order valence-corrected chi connectivity index (χ2v) is 16.9. The van der Waals surface area contributed by atoms with Crippen LogP contribution in [0.25, 0.3) is 104 Å². The van der Waals surface area contributed by atoms with Gasteiger partial charge in [0.05, 0.1) is 16.7 Å². The van der Waals surface area contributed by atoms with Crippen LogP contribution in [0, 0.1) is 0 Å². The van der Waals surface area contributed by atoms with Crippen LogP contribution >= 0.6 is 0 Å². The van der Waals surface area contributed by atoms with Gasteiger partial charge in [-0.25, -0.2) is 0 Å². The fourth-order valence-electron chi connectivity index (χ4n) is 10.1. The SMILES string of the molecule is c1cc(-c2ccc(N(c3ccc(-c4cccc5c4oc4c6ccccc6ccc54)cc3)c3ccccc3-c3ccc4ccccc4c3)cc2)cc(-n2c3ccccc3c3ccccc32)c1. The van der Waals surface area contributed by atoms with Crippen LogP contribution in [0.2, 0.25) is 0 Å². The average Bonchev–Trinajstić information content (AvgIpc) is 3.94. The largest absolute Gasteiger partial charge is 0.455 e. The van der Waals surface area contributed by atoms with Crippen LogP contribution in [0.5, 0.6) is 0 Å². The topological polar surface area (TPSA) is 21.3 Å². The minimum absolute atomic E-state index is 0.905. The third-order valence-corrected chi connectivity index (χ3v) is 13.2. The van der Waals surface area contributed by atoms with Crippen molar-refractivity contribution in [1.29, 1.82) is 0 Å². The molecule has 2 aromatic heterocycles. The van der Waals surface area contributed by atoms with Crippen molar-refractivity contribution in [3.63, 3.8) is 0 Å². The van der Waals surface area contributed by atoms with Crippen LogP contribution in [-0.2, 0) is 0 Å². The van der Waals surface area contributed by atoms with Crippen LogP contribution in [0.4, 0.5) is 17.1 Å². The smallest absolute Gasteiger partial charge is 0.143 e. The van der Waals surface area contributed by atoms with E-state index < -0.39 is 0 Å². The van der Waals surface area contributed by atoms with Gasteiger partial charge in [-0.05, 0) is 105 Å². The van der Waals surface area contributed by atoms with Gasteiger partial charge in [-0.1, -0.05) is 176 Å². The van der Waals surface area contributed by atoms with E-state index in [0.717, 1.165) is 77.9 Å². The van der Waals surface area contributed by atoms with Crippen molar-refractivity contribution in [2.75, 3.05) is 4.90 Å². The van der Waals surface area contributed by atoms with E-state index in [9.17, 15) is 0 Å². The first-order valence-electron chi connectivity index (χ1n) is 22.2. The molecule has 3 nitrogen and oxygen atoms in total. The molecule has 0 N–H and O–H groups in total. The quantitative estimate of drug-likeness (QED) is 0.160. The normalized spacial score (nSPS) is 11.7. The van der Waals surface area contributed by atoms with Gasteiger partial charge < -0.3 is 13.9 Å².